The number of carbonyl (C=O) groups is 3. The number of hydrogen-bond acceptors (Lipinski definition) is 4. The molecule has 3 saturated heterocycles. The molecule has 3 fully saturated rings. The summed E-state index contributed by atoms with van der Waals surface area (Å²) in [5.41, 5.74) is 0. The third-order valence-electron chi connectivity index (χ3n) is 6.22. The molecule has 27 heavy (non-hydrogen) atoms. The summed E-state index contributed by atoms with van der Waals surface area (Å²) in [7, 11) is 0. The van der Waals surface area contributed by atoms with Crippen molar-refractivity contribution in [1.82, 2.24) is 19.6 Å². The van der Waals surface area contributed by atoms with Crippen LogP contribution in [0.1, 0.15) is 45.4 Å². The molecule has 0 bridgehead atoms. The third-order valence-corrected chi connectivity index (χ3v) is 6.22. The molecule has 7 heteroatoms. The molecule has 0 spiro atoms. The lowest BCUT2D eigenvalue weighted by molar-refractivity contribution is -0.140. The van der Waals surface area contributed by atoms with E-state index < -0.39 is 0 Å². The molecule has 3 aliphatic rings. The van der Waals surface area contributed by atoms with Crippen molar-refractivity contribution in [3.05, 3.63) is 0 Å². The van der Waals surface area contributed by atoms with Gasteiger partial charge in [0.2, 0.25) is 17.7 Å². The maximum atomic E-state index is 12.7. The SMILES string of the molecule is CCC(=O)N1CCCN(CC(=O)N2CCC(C(=O)N3CCCC3)CC2)CC1. The number of rotatable bonds is 4. The zero-order valence-corrected chi connectivity index (χ0v) is 16.7. The van der Waals surface area contributed by atoms with Crippen LogP contribution < -0.4 is 0 Å². The number of hydrogen-bond donors (Lipinski definition) is 0. The monoisotopic (exact) mass is 378 g/mol. The van der Waals surface area contributed by atoms with Crippen molar-refractivity contribution in [2.75, 3.05) is 58.9 Å². The van der Waals surface area contributed by atoms with Crippen LogP contribution in [0.15, 0.2) is 0 Å². The van der Waals surface area contributed by atoms with Crippen molar-refractivity contribution in [1.29, 1.82) is 0 Å². The van der Waals surface area contributed by atoms with Crippen molar-refractivity contribution >= 4 is 17.7 Å². The summed E-state index contributed by atoms with van der Waals surface area (Å²) in [4.78, 5) is 45.1. The molecule has 7 nitrogen and oxygen atoms in total. The predicted octanol–water partition coefficient (Wildman–Crippen LogP) is 0.792. The van der Waals surface area contributed by atoms with Gasteiger partial charge in [-0.3, -0.25) is 19.3 Å². The molecule has 3 heterocycles. The van der Waals surface area contributed by atoms with Crippen LogP contribution >= 0.6 is 0 Å². The van der Waals surface area contributed by atoms with Crippen LogP contribution in [-0.2, 0) is 14.4 Å². The van der Waals surface area contributed by atoms with E-state index >= 15 is 0 Å². The van der Waals surface area contributed by atoms with E-state index in [1.807, 2.05) is 21.6 Å². The highest BCUT2D eigenvalue weighted by Crippen LogP contribution is 2.22. The number of nitrogens with zero attached hydrogens (tertiary/aromatic N) is 4. The van der Waals surface area contributed by atoms with Gasteiger partial charge in [0.25, 0.3) is 0 Å². The Labute approximate surface area is 162 Å². The van der Waals surface area contributed by atoms with Crippen LogP contribution in [0.4, 0.5) is 0 Å². The lowest BCUT2D eigenvalue weighted by Gasteiger charge is -2.34. The Morgan fingerprint density at radius 2 is 1.33 bits per heavy atom. The summed E-state index contributed by atoms with van der Waals surface area (Å²) >= 11 is 0. The highest BCUT2D eigenvalue weighted by molar-refractivity contribution is 5.81. The highest BCUT2D eigenvalue weighted by atomic mass is 16.2. The molecule has 0 aliphatic carbocycles. The number of amides is 3. The summed E-state index contributed by atoms with van der Waals surface area (Å²) in [5, 5.41) is 0. The van der Waals surface area contributed by atoms with Crippen molar-refractivity contribution in [3.8, 4) is 0 Å². The largest absolute Gasteiger partial charge is 0.342 e. The minimum Gasteiger partial charge on any atom is -0.342 e. The van der Waals surface area contributed by atoms with Crippen molar-refractivity contribution < 1.29 is 14.4 Å². The number of carbonyl (C=O) groups excluding carboxylic acids is 3. The molecule has 0 unspecified atom stereocenters. The Morgan fingerprint density at radius 1 is 0.704 bits per heavy atom. The Morgan fingerprint density at radius 3 is 2.00 bits per heavy atom. The minimum atomic E-state index is 0.0963. The van der Waals surface area contributed by atoms with E-state index in [4.69, 9.17) is 0 Å². The van der Waals surface area contributed by atoms with Crippen molar-refractivity contribution in [2.24, 2.45) is 5.92 Å². The average Bonchev–Trinajstić information content (AvgIpc) is 3.14. The normalized spacial score (nSPS) is 22.8. The van der Waals surface area contributed by atoms with Gasteiger partial charge in [-0.25, -0.2) is 0 Å². The van der Waals surface area contributed by atoms with Gasteiger partial charge >= 0.3 is 0 Å². The molecular weight excluding hydrogens is 344 g/mol. The van der Waals surface area contributed by atoms with Gasteiger partial charge in [0, 0.05) is 64.7 Å². The maximum absolute atomic E-state index is 12.7. The van der Waals surface area contributed by atoms with E-state index in [-0.39, 0.29) is 17.7 Å². The molecule has 152 valence electrons. The second kappa shape index (κ2) is 9.53. The fourth-order valence-corrected chi connectivity index (χ4v) is 4.46. The standard InChI is InChI=1S/C20H34N4O3/c1-2-18(25)22-11-5-8-21(14-15-22)16-19(26)23-12-6-17(7-13-23)20(27)24-9-3-4-10-24/h17H,2-16H2,1H3. The van der Waals surface area contributed by atoms with Gasteiger partial charge in [0.15, 0.2) is 0 Å². The molecule has 0 radical (unpaired) electrons. The number of piperidine rings is 1. The zero-order chi connectivity index (χ0) is 19.2. The zero-order valence-electron chi connectivity index (χ0n) is 16.7. The van der Waals surface area contributed by atoms with Gasteiger partial charge < -0.3 is 14.7 Å². The quantitative estimate of drug-likeness (QED) is 0.726. The smallest absolute Gasteiger partial charge is 0.236 e. The van der Waals surface area contributed by atoms with Crippen LogP contribution in [-0.4, -0.2) is 96.2 Å². The first-order valence-electron chi connectivity index (χ1n) is 10.6. The van der Waals surface area contributed by atoms with Crippen LogP contribution in [0.2, 0.25) is 0 Å². The van der Waals surface area contributed by atoms with Crippen LogP contribution in [0.3, 0.4) is 0 Å². The van der Waals surface area contributed by atoms with E-state index in [0.717, 1.165) is 64.8 Å². The first-order valence-corrected chi connectivity index (χ1v) is 10.6. The van der Waals surface area contributed by atoms with E-state index in [1.54, 1.807) is 0 Å². The molecule has 0 aromatic rings. The second-order valence-corrected chi connectivity index (χ2v) is 8.05. The summed E-state index contributed by atoms with van der Waals surface area (Å²) in [6.45, 7) is 8.66. The van der Waals surface area contributed by atoms with Gasteiger partial charge in [-0.05, 0) is 32.1 Å². The van der Waals surface area contributed by atoms with Gasteiger partial charge in [-0.1, -0.05) is 6.92 Å². The maximum Gasteiger partial charge on any atom is 0.236 e. The van der Waals surface area contributed by atoms with Gasteiger partial charge in [0.05, 0.1) is 6.54 Å². The summed E-state index contributed by atoms with van der Waals surface area (Å²) in [6.07, 6.45) is 5.30. The second-order valence-electron chi connectivity index (χ2n) is 8.05. The van der Waals surface area contributed by atoms with Gasteiger partial charge in [-0.15, -0.1) is 0 Å². The highest BCUT2D eigenvalue weighted by Gasteiger charge is 2.31. The van der Waals surface area contributed by atoms with E-state index in [9.17, 15) is 14.4 Å². The van der Waals surface area contributed by atoms with Crippen molar-refractivity contribution in [2.45, 2.75) is 45.4 Å². The van der Waals surface area contributed by atoms with E-state index in [1.165, 1.54) is 0 Å². The molecule has 3 amide bonds. The lowest BCUT2D eigenvalue weighted by atomic mass is 9.95. The minimum absolute atomic E-state index is 0.0963. The Bertz CT molecular complexity index is 539. The van der Waals surface area contributed by atoms with Crippen LogP contribution in [0.5, 0.6) is 0 Å². The third kappa shape index (κ3) is 5.21. The average molecular weight is 379 g/mol. The fourth-order valence-electron chi connectivity index (χ4n) is 4.46. The first kappa shape index (κ1) is 20.1. The van der Waals surface area contributed by atoms with Gasteiger partial charge in [0.1, 0.15) is 0 Å². The van der Waals surface area contributed by atoms with Crippen LogP contribution in [0, 0.1) is 5.92 Å². The summed E-state index contributed by atoms with van der Waals surface area (Å²) in [6, 6.07) is 0. The summed E-state index contributed by atoms with van der Waals surface area (Å²) in [5.74, 6) is 0.761. The molecular formula is C20H34N4O3. The van der Waals surface area contributed by atoms with Crippen molar-refractivity contribution in [3.63, 3.8) is 0 Å². The van der Waals surface area contributed by atoms with E-state index in [2.05, 4.69) is 4.90 Å². The molecule has 3 rings (SSSR count). The fraction of sp³-hybridized carbons (Fsp3) is 0.850. The van der Waals surface area contributed by atoms with Crippen LogP contribution in [0.25, 0.3) is 0 Å². The molecule has 0 aromatic carbocycles. The van der Waals surface area contributed by atoms with Gasteiger partial charge in [-0.2, -0.15) is 0 Å². The summed E-state index contributed by atoms with van der Waals surface area (Å²) < 4.78 is 0. The molecule has 0 N–H and O–H groups in total. The lowest BCUT2D eigenvalue weighted by Crippen LogP contribution is -2.47. The molecule has 0 aromatic heterocycles. The number of likely N-dealkylation sites (tertiary alicyclic amines) is 2. The van der Waals surface area contributed by atoms with E-state index in [0.29, 0.717) is 38.5 Å². The Hall–Kier alpha value is -1.63. The first-order chi connectivity index (χ1) is 13.1. The molecule has 0 saturated carbocycles. The topological polar surface area (TPSA) is 64.2 Å². The molecule has 0 atom stereocenters. The Balaban J connectivity index is 1.41. The predicted molar refractivity (Wildman–Crippen MR) is 103 cm³/mol. The molecule has 3 aliphatic heterocycles. The Kier molecular flexibility index (Phi) is 7.10.